The van der Waals surface area contributed by atoms with Gasteiger partial charge in [0.2, 0.25) is 5.91 Å². The minimum absolute atomic E-state index is 0.122. The van der Waals surface area contributed by atoms with Crippen molar-refractivity contribution in [3.63, 3.8) is 0 Å². The molecule has 1 heterocycles. The van der Waals surface area contributed by atoms with E-state index in [0.717, 1.165) is 0 Å². The highest BCUT2D eigenvalue weighted by molar-refractivity contribution is 5.94. The maximum absolute atomic E-state index is 12.7. The van der Waals surface area contributed by atoms with E-state index in [2.05, 4.69) is 5.32 Å². The zero-order chi connectivity index (χ0) is 21.4. The number of hydrogen-bond acceptors (Lipinski definition) is 5. The molecule has 8 heteroatoms. The summed E-state index contributed by atoms with van der Waals surface area (Å²) >= 11 is 0. The molecule has 0 aliphatic carbocycles. The molecule has 0 bridgehead atoms. The number of carbonyl (C=O) groups excluding carboxylic acids is 3. The van der Waals surface area contributed by atoms with Crippen molar-refractivity contribution in [1.82, 2.24) is 15.3 Å². The van der Waals surface area contributed by atoms with Crippen LogP contribution in [0.1, 0.15) is 32.3 Å². The lowest BCUT2D eigenvalue weighted by Gasteiger charge is -2.27. The van der Waals surface area contributed by atoms with E-state index in [9.17, 15) is 14.4 Å². The van der Waals surface area contributed by atoms with Crippen LogP contribution in [0, 0.1) is 5.92 Å². The molecule has 29 heavy (non-hydrogen) atoms. The van der Waals surface area contributed by atoms with Gasteiger partial charge < -0.3 is 14.8 Å². The first-order valence-corrected chi connectivity index (χ1v) is 9.64. The largest absolute Gasteiger partial charge is 0.497 e. The summed E-state index contributed by atoms with van der Waals surface area (Å²) in [5, 5.41) is 5.42. The van der Waals surface area contributed by atoms with Gasteiger partial charge in [0.15, 0.2) is 0 Å². The molecule has 0 spiro atoms. The van der Waals surface area contributed by atoms with Gasteiger partial charge in [-0.25, -0.2) is 10.0 Å². The Morgan fingerprint density at radius 1 is 1.14 bits per heavy atom. The van der Waals surface area contributed by atoms with E-state index in [4.69, 9.17) is 9.47 Å². The van der Waals surface area contributed by atoms with Gasteiger partial charge >= 0.3 is 0 Å². The molecule has 0 radical (unpaired) electrons. The quantitative estimate of drug-likeness (QED) is 0.670. The molecular weight excluding hydrogens is 374 g/mol. The third kappa shape index (κ3) is 6.23. The van der Waals surface area contributed by atoms with Gasteiger partial charge in [0.1, 0.15) is 11.5 Å². The molecule has 1 aromatic rings. The van der Waals surface area contributed by atoms with Crippen molar-refractivity contribution < 1.29 is 23.9 Å². The van der Waals surface area contributed by atoms with Gasteiger partial charge in [-0.3, -0.25) is 14.4 Å². The maximum Gasteiger partial charge on any atom is 0.265 e. The van der Waals surface area contributed by atoms with Crippen LogP contribution in [0.25, 0.3) is 6.08 Å². The number of nitrogens with zero attached hydrogens (tertiary/aromatic N) is 2. The molecule has 1 aliphatic heterocycles. The predicted molar refractivity (Wildman–Crippen MR) is 109 cm³/mol. The van der Waals surface area contributed by atoms with Crippen LogP contribution in [-0.2, 0) is 14.4 Å². The Morgan fingerprint density at radius 3 is 2.52 bits per heavy atom. The van der Waals surface area contributed by atoms with E-state index in [0.29, 0.717) is 43.0 Å². The molecule has 158 valence electrons. The molecule has 1 aliphatic rings. The number of ether oxygens (including phenoxy) is 2. The molecule has 0 unspecified atom stereocenters. The van der Waals surface area contributed by atoms with E-state index >= 15 is 0 Å². The molecule has 0 aromatic heterocycles. The third-order valence-electron chi connectivity index (χ3n) is 4.45. The summed E-state index contributed by atoms with van der Waals surface area (Å²) in [6.07, 6.45) is 4.09. The summed E-state index contributed by atoms with van der Waals surface area (Å²) < 4.78 is 10.5. The fraction of sp³-hybridized carbons (Fsp3) is 0.476. The summed E-state index contributed by atoms with van der Waals surface area (Å²) in [4.78, 5) is 36.9. The van der Waals surface area contributed by atoms with Gasteiger partial charge in [0.25, 0.3) is 11.8 Å². The zero-order valence-electron chi connectivity index (χ0n) is 17.4. The summed E-state index contributed by atoms with van der Waals surface area (Å²) in [5.41, 5.74) is 0.693. The highest BCUT2D eigenvalue weighted by atomic mass is 16.5. The van der Waals surface area contributed by atoms with E-state index in [1.54, 1.807) is 38.5 Å². The fourth-order valence-corrected chi connectivity index (χ4v) is 3.03. The van der Waals surface area contributed by atoms with Gasteiger partial charge in [-0.2, -0.15) is 0 Å². The maximum atomic E-state index is 12.7. The van der Waals surface area contributed by atoms with Crippen LogP contribution in [0.5, 0.6) is 11.5 Å². The van der Waals surface area contributed by atoms with Crippen LogP contribution in [0.2, 0.25) is 0 Å². The van der Waals surface area contributed by atoms with Gasteiger partial charge in [0, 0.05) is 31.1 Å². The van der Waals surface area contributed by atoms with Crippen molar-refractivity contribution >= 4 is 23.8 Å². The number of hydrogen-bond donors (Lipinski definition) is 1. The Morgan fingerprint density at radius 2 is 1.86 bits per heavy atom. The smallest absolute Gasteiger partial charge is 0.265 e. The SMILES string of the molecule is COc1ccc(OC)c(C=CC(=O)N2CCCN2C(=O)CNC(=O)CC(C)C)c1. The Balaban J connectivity index is 2.02. The van der Waals surface area contributed by atoms with Crippen molar-refractivity contribution in [2.45, 2.75) is 26.7 Å². The first kappa shape index (κ1) is 22.3. The van der Waals surface area contributed by atoms with Crippen molar-refractivity contribution in [2.24, 2.45) is 5.92 Å². The second-order valence-corrected chi connectivity index (χ2v) is 7.15. The van der Waals surface area contributed by atoms with E-state index in [-0.39, 0.29) is 30.2 Å². The lowest BCUT2D eigenvalue weighted by molar-refractivity contribution is -0.154. The minimum atomic E-state index is -0.311. The molecule has 8 nitrogen and oxygen atoms in total. The van der Waals surface area contributed by atoms with Crippen LogP contribution in [0.15, 0.2) is 24.3 Å². The minimum Gasteiger partial charge on any atom is -0.497 e. The van der Waals surface area contributed by atoms with Gasteiger partial charge in [-0.1, -0.05) is 13.8 Å². The molecule has 0 saturated carbocycles. The van der Waals surface area contributed by atoms with Crippen LogP contribution < -0.4 is 14.8 Å². The average molecular weight is 403 g/mol. The molecule has 2 rings (SSSR count). The Kier molecular flexibility index (Phi) is 8.06. The van der Waals surface area contributed by atoms with E-state index in [1.807, 2.05) is 13.8 Å². The average Bonchev–Trinajstić information content (AvgIpc) is 3.19. The topological polar surface area (TPSA) is 88.2 Å². The number of nitrogens with one attached hydrogen (secondary N) is 1. The van der Waals surface area contributed by atoms with Crippen molar-refractivity contribution in [3.8, 4) is 11.5 Å². The predicted octanol–water partition coefficient (Wildman–Crippen LogP) is 1.86. The van der Waals surface area contributed by atoms with Crippen molar-refractivity contribution in [1.29, 1.82) is 0 Å². The monoisotopic (exact) mass is 403 g/mol. The number of benzene rings is 1. The van der Waals surface area contributed by atoms with Gasteiger partial charge in [-0.15, -0.1) is 0 Å². The second kappa shape index (κ2) is 10.5. The highest BCUT2D eigenvalue weighted by Gasteiger charge is 2.29. The van der Waals surface area contributed by atoms with Crippen LogP contribution in [0.4, 0.5) is 0 Å². The molecule has 3 amide bonds. The molecule has 0 atom stereocenters. The lowest BCUT2D eigenvalue weighted by Crippen LogP contribution is -2.48. The zero-order valence-corrected chi connectivity index (χ0v) is 17.4. The Bertz CT molecular complexity index is 776. The highest BCUT2D eigenvalue weighted by Crippen LogP contribution is 2.25. The molecule has 1 aromatic carbocycles. The van der Waals surface area contributed by atoms with Gasteiger partial charge in [0.05, 0.1) is 20.8 Å². The fourth-order valence-electron chi connectivity index (χ4n) is 3.03. The standard InChI is InChI=1S/C21H29N3O5/c1-15(2)12-19(25)22-14-21(27)24-11-5-10-23(24)20(26)9-6-16-13-17(28-3)7-8-18(16)29-4/h6-9,13,15H,5,10-12,14H2,1-4H3,(H,22,25). The molecule has 1 N–H and O–H groups in total. The lowest BCUT2D eigenvalue weighted by atomic mass is 10.1. The molecule has 1 fully saturated rings. The molecular formula is C21H29N3O5. The van der Waals surface area contributed by atoms with Gasteiger partial charge in [-0.05, 0) is 36.6 Å². The molecule has 1 saturated heterocycles. The number of amides is 3. The summed E-state index contributed by atoms with van der Waals surface area (Å²) in [5.74, 6) is 0.684. The van der Waals surface area contributed by atoms with Crippen molar-refractivity contribution in [3.05, 3.63) is 29.8 Å². The van der Waals surface area contributed by atoms with E-state index in [1.165, 1.54) is 16.1 Å². The first-order chi connectivity index (χ1) is 13.8. The summed E-state index contributed by atoms with van der Waals surface area (Å²) in [7, 11) is 3.11. The Hall–Kier alpha value is -3.03. The summed E-state index contributed by atoms with van der Waals surface area (Å²) in [6.45, 7) is 4.64. The first-order valence-electron chi connectivity index (χ1n) is 9.64. The number of methoxy groups -OCH3 is 2. The normalized spacial score (nSPS) is 13.8. The number of hydrazine groups is 1. The Labute approximate surface area is 171 Å². The number of carbonyl (C=O) groups is 3. The van der Waals surface area contributed by atoms with Crippen LogP contribution >= 0.6 is 0 Å². The van der Waals surface area contributed by atoms with Crippen molar-refractivity contribution in [2.75, 3.05) is 33.9 Å². The second-order valence-electron chi connectivity index (χ2n) is 7.15. The van der Waals surface area contributed by atoms with Crippen LogP contribution in [0.3, 0.4) is 0 Å². The number of rotatable bonds is 8. The van der Waals surface area contributed by atoms with Crippen LogP contribution in [-0.4, -0.2) is 61.6 Å². The van der Waals surface area contributed by atoms with E-state index < -0.39 is 0 Å². The third-order valence-corrected chi connectivity index (χ3v) is 4.45. The summed E-state index contributed by atoms with van der Waals surface area (Å²) in [6, 6.07) is 5.29.